The van der Waals surface area contributed by atoms with Gasteiger partial charge in [-0.05, 0) is 48.0 Å². The lowest BCUT2D eigenvalue weighted by Crippen LogP contribution is -2.13. The van der Waals surface area contributed by atoms with Gasteiger partial charge in [0.15, 0.2) is 11.5 Å². The molecule has 23 heavy (non-hydrogen) atoms. The minimum atomic E-state index is -0.589. The molecule has 0 unspecified atom stereocenters. The summed E-state index contributed by atoms with van der Waals surface area (Å²) in [6.45, 7) is 0. The van der Waals surface area contributed by atoms with Crippen molar-refractivity contribution in [1.82, 2.24) is 0 Å². The fourth-order valence-electron chi connectivity index (χ4n) is 1.86. The van der Waals surface area contributed by atoms with Gasteiger partial charge in [-0.1, -0.05) is 6.07 Å². The number of phenols is 2. The van der Waals surface area contributed by atoms with Crippen molar-refractivity contribution in [3.05, 3.63) is 53.6 Å². The van der Waals surface area contributed by atoms with Gasteiger partial charge in [0.1, 0.15) is 17.4 Å². The molecule has 0 fully saturated rings. The monoisotopic (exact) mass is 310 g/mol. The highest BCUT2D eigenvalue weighted by Crippen LogP contribution is 2.27. The summed E-state index contributed by atoms with van der Waals surface area (Å²) in [5.74, 6) is -0.298. The number of amides is 1. The van der Waals surface area contributed by atoms with E-state index >= 15 is 0 Å². The summed E-state index contributed by atoms with van der Waals surface area (Å²) in [6.07, 6.45) is 1.36. The van der Waals surface area contributed by atoms with Crippen LogP contribution in [0.5, 0.6) is 17.2 Å². The zero-order valence-electron chi connectivity index (χ0n) is 12.3. The van der Waals surface area contributed by atoms with Crippen LogP contribution in [0.4, 0.5) is 5.69 Å². The summed E-state index contributed by atoms with van der Waals surface area (Å²) in [5.41, 5.74) is 0.815. The number of nitrogens with one attached hydrogen (secondary N) is 1. The lowest BCUT2D eigenvalue weighted by Gasteiger charge is -2.06. The second-order valence-electron chi connectivity index (χ2n) is 4.60. The van der Waals surface area contributed by atoms with Crippen LogP contribution in [0.1, 0.15) is 5.56 Å². The van der Waals surface area contributed by atoms with Crippen LogP contribution in [-0.2, 0) is 4.79 Å². The zero-order chi connectivity index (χ0) is 16.8. The Morgan fingerprint density at radius 3 is 2.48 bits per heavy atom. The summed E-state index contributed by atoms with van der Waals surface area (Å²) >= 11 is 0. The Bertz CT molecular complexity index is 789. The van der Waals surface area contributed by atoms with E-state index in [0.29, 0.717) is 17.0 Å². The molecule has 0 heterocycles. The largest absolute Gasteiger partial charge is 0.508 e. The lowest BCUT2D eigenvalue weighted by atomic mass is 10.1. The Balaban J connectivity index is 2.21. The van der Waals surface area contributed by atoms with Crippen LogP contribution in [0.15, 0.2) is 48.0 Å². The van der Waals surface area contributed by atoms with E-state index in [9.17, 15) is 15.0 Å². The number of nitriles is 1. The molecule has 2 rings (SSSR count). The molecule has 2 aromatic rings. The third kappa shape index (κ3) is 4.02. The van der Waals surface area contributed by atoms with Gasteiger partial charge >= 0.3 is 0 Å². The SMILES string of the molecule is COc1ccc(C=C(C#N)C(=O)Nc2ccc(O)cc2)cc1O. The van der Waals surface area contributed by atoms with Crippen molar-refractivity contribution in [3.63, 3.8) is 0 Å². The minimum absolute atomic E-state index is 0.0766. The molecule has 0 saturated carbocycles. The summed E-state index contributed by atoms with van der Waals surface area (Å²) in [4.78, 5) is 12.1. The minimum Gasteiger partial charge on any atom is -0.508 e. The van der Waals surface area contributed by atoms with Gasteiger partial charge in [0, 0.05) is 5.69 Å². The Hall–Kier alpha value is -3.46. The van der Waals surface area contributed by atoms with Gasteiger partial charge in [-0.25, -0.2) is 0 Å². The molecule has 1 amide bonds. The number of hydrogen-bond acceptors (Lipinski definition) is 5. The molecule has 116 valence electrons. The molecule has 0 spiro atoms. The van der Waals surface area contributed by atoms with Crippen molar-refractivity contribution >= 4 is 17.7 Å². The maximum Gasteiger partial charge on any atom is 0.266 e. The number of hydrogen-bond donors (Lipinski definition) is 3. The Morgan fingerprint density at radius 2 is 1.91 bits per heavy atom. The van der Waals surface area contributed by atoms with E-state index in [0.717, 1.165) is 0 Å². The number of carbonyl (C=O) groups excluding carboxylic acids is 1. The molecule has 0 atom stereocenters. The van der Waals surface area contributed by atoms with Crippen LogP contribution in [0.25, 0.3) is 6.08 Å². The van der Waals surface area contributed by atoms with E-state index in [2.05, 4.69) is 5.32 Å². The summed E-state index contributed by atoms with van der Waals surface area (Å²) in [5, 5.41) is 30.6. The van der Waals surface area contributed by atoms with E-state index in [1.807, 2.05) is 6.07 Å². The van der Waals surface area contributed by atoms with Crippen LogP contribution in [0.3, 0.4) is 0 Å². The van der Waals surface area contributed by atoms with Crippen molar-refractivity contribution in [2.75, 3.05) is 12.4 Å². The van der Waals surface area contributed by atoms with E-state index in [-0.39, 0.29) is 17.1 Å². The first kappa shape index (κ1) is 15.9. The number of ether oxygens (including phenoxy) is 1. The van der Waals surface area contributed by atoms with Gasteiger partial charge in [-0.2, -0.15) is 5.26 Å². The van der Waals surface area contributed by atoms with Gasteiger partial charge in [0.2, 0.25) is 0 Å². The highest BCUT2D eigenvalue weighted by atomic mass is 16.5. The number of methoxy groups -OCH3 is 1. The summed E-state index contributed by atoms with van der Waals surface area (Å²) in [6, 6.07) is 12.2. The van der Waals surface area contributed by atoms with Crippen LogP contribution in [0.2, 0.25) is 0 Å². The number of nitrogens with zero attached hydrogens (tertiary/aromatic N) is 1. The number of benzene rings is 2. The second-order valence-corrected chi connectivity index (χ2v) is 4.60. The number of aromatic hydroxyl groups is 2. The average molecular weight is 310 g/mol. The second kappa shape index (κ2) is 7.00. The smallest absolute Gasteiger partial charge is 0.266 e. The van der Waals surface area contributed by atoms with Crippen molar-refractivity contribution in [2.24, 2.45) is 0 Å². The standard InChI is InChI=1S/C17H14N2O4/c1-23-16-7-2-11(9-15(16)21)8-12(10-18)17(22)19-13-3-5-14(20)6-4-13/h2-9,20-21H,1H3,(H,19,22). The highest BCUT2D eigenvalue weighted by Gasteiger charge is 2.10. The van der Waals surface area contributed by atoms with Crippen LogP contribution in [0, 0.1) is 11.3 Å². The van der Waals surface area contributed by atoms with Crippen molar-refractivity contribution < 1.29 is 19.7 Å². The van der Waals surface area contributed by atoms with E-state index in [1.54, 1.807) is 6.07 Å². The van der Waals surface area contributed by atoms with Crippen LogP contribution >= 0.6 is 0 Å². The molecule has 0 aliphatic heterocycles. The van der Waals surface area contributed by atoms with Crippen molar-refractivity contribution in [3.8, 4) is 23.3 Å². The lowest BCUT2D eigenvalue weighted by molar-refractivity contribution is -0.112. The van der Waals surface area contributed by atoms with E-state index in [4.69, 9.17) is 10.00 Å². The van der Waals surface area contributed by atoms with Crippen LogP contribution in [-0.4, -0.2) is 23.2 Å². The molecule has 6 heteroatoms. The van der Waals surface area contributed by atoms with Gasteiger partial charge in [-0.15, -0.1) is 0 Å². The van der Waals surface area contributed by atoms with Crippen molar-refractivity contribution in [1.29, 1.82) is 5.26 Å². The van der Waals surface area contributed by atoms with Crippen molar-refractivity contribution in [2.45, 2.75) is 0 Å². The number of rotatable bonds is 4. The predicted octanol–water partition coefficient (Wildman–Crippen LogP) is 2.65. The van der Waals surface area contributed by atoms with E-state index < -0.39 is 5.91 Å². The topological polar surface area (TPSA) is 103 Å². The number of anilines is 1. The molecule has 2 aromatic carbocycles. The Morgan fingerprint density at radius 1 is 1.22 bits per heavy atom. The molecule has 3 N–H and O–H groups in total. The molecule has 0 aliphatic rings. The number of phenolic OH excluding ortho intramolecular Hbond substituents is 2. The first-order valence-corrected chi connectivity index (χ1v) is 6.62. The molecular formula is C17H14N2O4. The Kier molecular flexibility index (Phi) is 4.85. The van der Waals surface area contributed by atoms with Gasteiger partial charge in [0.05, 0.1) is 7.11 Å². The predicted molar refractivity (Wildman–Crippen MR) is 85.0 cm³/mol. The molecule has 0 aliphatic carbocycles. The quantitative estimate of drug-likeness (QED) is 0.457. The van der Waals surface area contributed by atoms with E-state index in [1.165, 1.54) is 49.6 Å². The molecule has 0 radical (unpaired) electrons. The fourth-order valence-corrected chi connectivity index (χ4v) is 1.86. The molecule has 6 nitrogen and oxygen atoms in total. The molecule has 0 aromatic heterocycles. The third-order valence-electron chi connectivity index (χ3n) is 3.00. The number of carbonyl (C=O) groups is 1. The maximum atomic E-state index is 12.1. The normalized spacial score (nSPS) is 10.7. The van der Waals surface area contributed by atoms with Gasteiger partial charge < -0.3 is 20.3 Å². The summed E-state index contributed by atoms with van der Waals surface area (Å²) in [7, 11) is 1.43. The molecular weight excluding hydrogens is 296 g/mol. The third-order valence-corrected chi connectivity index (χ3v) is 3.00. The first-order valence-electron chi connectivity index (χ1n) is 6.62. The summed E-state index contributed by atoms with van der Waals surface area (Å²) < 4.78 is 4.93. The zero-order valence-corrected chi connectivity index (χ0v) is 12.3. The molecule has 0 bridgehead atoms. The highest BCUT2D eigenvalue weighted by molar-refractivity contribution is 6.09. The Labute approximate surface area is 132 Å². The maximum absolute atomic E-state index is 12.1. The van der Waals surface area contributed by atoms with Gasteiger partial charge in [0.25, 0.3) is 5.91 Å². The van der Waals surface area contributed by atoms with Gasteiger partial charge in [-0.3, -0.25) is 4.79 Å². The fraction of sp³-hybridized carbons (Fsp3) is 0.0588. The average Bonchev–Trinajstić information content (AvgIpc) is 2.54. The molecule has 0 saturated heterocycles. The van der Waals surface area contributed by atoms with Crippen LogP contribution < -0.4 is 10.1 Å². The first-order chi connectivity index (χ1) is 11.0.